The molecule has 0 spiro atoms. The zero-order valence-electron chi connectivity index (χ0n) is 20.0. The van der Waals surface area contributed by atoms with Crippen LogP contribution in [-0.4, -0.2) is 44.1 Å². The molecule has 2 N–H and O–H groups in total. The van der Waals surface area contributed by atoms with Crippen LogP contribution in [-0.2, 0) is 13.0 Å². The maximum atomic E-state index is 13.2. The number of nitrogens with one attached hydrogen (secondary N) is 2. The van der Waals surface area contributed by atoms with Crippen molar-refractivity contribution < 1.29 is 19.1 Å². The van der Waals surface area contributed by atoms with Crippen molar-refractivity contribution in [2.24, 2.45) is 0 Å². The molecule has 1 fully saturated rings. The smallest absolute Gasteiger partial charge is 0.259 e. The summed E-state index contributed by atoms with van der Waals surface area (Å²) < 4.78 is 10.5. The number of anilines is 1. The Morgan fingerprint density at radius 2 is 1.94 bits per heavy atom. The Morgan fingerprint density at radius 3 is 2.74 bits per heavy atom. The Bertz CT molecular complexity index is 1270. The molecule has 2 bridgehead atoms. The van der Waals surface area contributed by atoms with E-state index < -0.39 is 0 Å². The highest BCUT2D eigenvalue weighted by molar-refractivity contribution is 7.16. The van der Waals surface area contributed by atoms with Crippen LogP contribution in [0.4, 0.5) is 5.13 Å². The average molecular weight is 493 g/mol. The predicted octanol–water partition coefficient (Wildman–Crippen LogP) is 3.72. The van der Waals surface area contributed by atoms with Gasteiger partial charge in [-0.3, -0.25) is 14.5 Å². The van der Waals surface area contributed by atoms with Gasteiger partial charge in [0.1, 0.15) is 0 Å². The number of thiazole rings is 1. The minimum Gasteiger partial charge on any atom is -0.493 e. The van der Waals surface area contributed by atoms with Crippen LogP contribution in [0.1, 0.15) is 55.7 Å². The van der Waals surface area contributed by atoms with E-state index in [0.717, 1.165) is 29.2 Å². The minimum atomic E-state index is -0.240. The summed E-state index contributed by atoms with van der Waals surface area (Å²) in [6.07, 6.45) is 3.25. The van der Waals surface area contributed by atoms with Crippen molar-refractivity contribution in [1.82, 2.24) is 15.6 Å². The fourth-order valence-corrected chi connectivity index (χ4v) is 5.84. The first-order chi connectivity index (χ1) is 17.0. The molecule has 1 aromatic heterocycles. The van der Waals surface area contributed by atoms with Crippen molar-refractivity contribution in [3.8, 4) is 11.5 Å². The van der Waals surface area contributed by atoms with Gasteiger partial charge < -0.3 is 20.1 Å². The maximum absolute atomic E-state index is 13.2. The number of carbonyl (C=O) groups excluding carboxylic acids is 2. The van der Waals surface area contributed by atoms with Crippen molar-refractivity contribution in [3.05, 3.63) is 69.7 Å². The minimum absolute atomic E-state index is 0.123. The van der Waals surface area contributed by atoms with Crippen molar-refractivity contribution in [2.45, 2.75) is 37.9 Å². The first kappa shape index (κ1) is 23.3. The molecule has 9 heteroatoms. The van der Waals surface area contributed by atoms with E-state index in [1.165, 1.54) is 18.4 Å². The highest BCUT2D eigenvalue weighted by atomic mass is 32.1. The molecular formula is C26H28N4O4S. The number of hydrogen-bond donors (Lipinski definition) is 2. The van der Waals surface area contributed by atoms with Crippen LogP contribution in [0.5, 0.6) is 11.5 Å². The van der Waals surface area contributed by atoms with Gasteiger partial charge in [0.25, 0.3) is 11.8 Å². The van der Waals surface area contributed by atoms with E-state index in [0.29, 0.717) is 34.7 Å². The summed E-state index contributed by atoms with van der Waals surface area (Å²) in [4.78, 5) is 33.6. The van der Waals surface area contributed by atoms with E-state index in [1.54, 1.807) is 54.7 Å². The Labute approximate surface area is 208 Å². The molecule has 0 radical (unpaired) electrons. The molecule has 35 heavy (non-hydrogen) atoms. The molecule has 2 aliphatic heterocycles. The van der Waals surface area contributed by atoms with Crippen molar-refractivity contribution in [2.75, 3.05) is 26.2 Å². The average Bonchev–Trinajstić information content (AvgIpc) is 3.51. The molecule has 2 aliphatic rings. The van der Waals surface area contributed by atoms with E-state index in [4.69, 9.17) is 14.5 Å². The third-order valence-corrected chi connectivity index (χ3v) is 7.87. The molecule has 5 rings (SSSR count). The van der Waals surface area contributed by atoms with Crippen LogP contribution in [0.15, 0.2) is 42.5 Å². The molecule has 182 valence electrons. The molecule has 0 aliphatic carbocycles. The van der Waals surface area contributed by atoms with Crippen molar-refractivity contribution in [3.63, 3.8) is 0 Å². The number of carbonyl (C=O) groups is 2. The fraction of sp³-hybridized carbons (Fsp3) is 0.346. The summed E-state index contributed by atoms with van der Waals surface area (Å²) in [6.45, 7) is 0.290. The van der Waals surface area contributed by atoms with Gasteiger partial charge in [-0.25, -0.2) is 4.98 Å². The fourth-order valence-electron chi connectivity index (χ4n) is 4.69. The largest absolute Gasteiger partial charge is 0.493 e. The quantitative estimate of drug-likeness (QED) is 0.522. The van der Waals surface area contributed by atoms with Crippen LogP contribution < -0.4 is 25.0 Å². The number of aromatic nitrogens is 1. The number of methoxy groups -OCH3 is 2. The number of benzene rings is 2. The molecule has 3 heterocycles. The maximum Gasteiger partial charge on any atom is 0.259 e. The van der Waals surface area contributed by atoms with Crippen LogP contribution in [0.2, 0.25) is 0 Å². The van der Waals surface area contributed by atoms with E-state index in [1.807, 2.05) is 18.2 Å². The van der Waals surface area contributed by atoms with E-state index in [9.17, 15) is 9.59 Å². The lowest BCUT2D eigenvalue weighted by molar-refractivity contribution is 0.0949. The number of hydrogen-bond acceptors (Lipinski definition) is 7. The molecular weight excluding hydrogens is 464 g/mol. The molecule has 0 saturated carbocycles. The zero-order valence-corrected chi connectivity index (χ0v) is 20.8. The number of rotatable bonds is 7. The van der Waals surface area contributed by atoms with E-state index >= 15 is 0 Å². The van der Waals surface area contributed by atoms with Gasteiger partial charge >= 0.3 is 0 Å². The van der Waals surface area contributed by atoms with Crippen molar-refractivity contribution in [1.29, 1.82) is 0 Å². The lowest BCUT2D eigenvalue weighted by Crippen LogP contribution is -2.31. The van der Waals surface area contributed by atoms with Crippen LogP contribution in [0.25, 0.3) is 0 Å². The highest BCUT2D eigenvalue weighted by Gasteiger charge is 2.35. The second-order valence-electron chi connectivity index (χ2n) is 8.82. The lowest BCUT2D eigenvalue weighted by Gasteiger charge is -2.19. The molecule has 3 aromatic rings. The van der Waals surface area contributed by atoms with Gasteiger partial charge in [0, 0.05) is 48.1 Å². The third kappa shape index (κ3) is 4.61. The standard InChI is InChI=1S/C26H28N4O4S/c1-30(26-29-20-13-18-8-9-19(28-18)23(20)35-26)25(32)17-6-4-5-15(11-17)14-27-24(31)16-7-10-21(33-2)22(12-16)34-3/h4-7,10-12,18-19,28H,8-9,13-14H2,1-3H3,(H,27,31). The van der Waals surface area contributed by atoms with Gasteiger partial charge in [-0.2, -0.15) is 0 Å². The summed E-state index contributed by atoms with van der Waals surface area (Å²) in [5, 5.41) is 7.26. The van der Waals surface area contributed by atoms with Gasteiger partial charge in [0.15, 0.2) is 16.6 Å². The molecule has 8 nitrogen and oxygen atoms in total. The first-order valence-electron chi connectivity index (χ1n) is 11.6. The number of nitrogens with zero attached hydrogens (tertiary/aromatic N) is 2. The molecule has 1 saturated heterocycles. The Balaban J connectivity index is 1.25. The summed E-state index contributed by atoms with van der Waals surface area (Å²) in [7, 11) is 4.84. The van der Waals surface area contributed by atoms with Crippen molar-refractivity contribution >= 4 is 28.3 Å². The normalized spacial score (nSPS) is 18.0. The number of fused-ring (bicyclic) bond motifs is 4. The summed E-state index contributed by atoms with van der Waals surface area (Å²) in [6, 6.07) is 13.2. The SMILES string of the molecule is COc1ccc(C(=O)NCc2cccc(C(=O)N(C)c3nc4c(s3)C3CCC(C4)N3)c2)cc1OC. The second-order valence-corrected chi connectivity index (χ2v) is 9.83. The Hall–Kier alpha value is -3.43. The first-order valence-corrected chi connectivity index (χ1v) is 12.4. The third-order valence-electron chi connectivity index (χ3n) is 6.58. The monoisotopic (exact) mass is 492 g/mol. The number of amides is 2. The van der Waals surface area contributed by atoms with Gasteiger partial charge in [-0.15, -0.1) is 0 Å². The topological polar surface area (TPSA) is 92.8 Å². The van der Waals surface area contributed by atoms with E-state index in [2.05, 4.69) is 10.6 Å². The van der Waals surface area contributed by atoms with Crippen LogP contribution in [0.3, 0.4) is 0 Å². The van der Waals surface area contributed by atoms with Crippen LogP contribution >= 0.6 is 11.3 Å². The Morgan fingerprint density at radius 1 is 1.11 bits per heavy atom. The summed E-state index contributed by atoms with van der Waals surface area (Å²) in [5.74, 6) is 0.686. The molecule has 2 aromatic carbocycles. The summed E-state index contributed by atoms with van der Waals surface area (Å²) >= 11 is 1.60. The lowest BCUT2D eigenvalue weighted by atomic mass is 10.1. The highest BCUT2D eigenvalue weighted by Crippen LogP contribution is 2.41. The van der Waals surface area contributed by atoms with Gasteiger partial charge in [-0.05, 0) is 48.7 Å². The van der Waals surface area contributed by atoms with Gasteiger partial charge in [0.05, 0.1) is 19.9 Å². The molecule has 2 amide bonds. The van der Waals surface area contributed by atoms with Gasteiger partial charge in [-0.1, -0.05) is 23.5 Å². The Kier molecular flexibility index (Phi) is 6.44. The van der Waals surface area contributed by atoms with E-state index in [-0.39, 0.29) is 18.4 Å². The van der Waals surface area contributed by atoms with Gasteiger partial charge in [0.2, 0.25) is 0 Å². The number of ether oxygens (including phenoxy) is 2. The molecule has 2 atom stereocenters. The molecule has 2 unspecified atom stereocenters. The van der Waals surface area contributed by atoms with Crippen LogP contribution in [0, 0.1) is 0 Å². The summed E-state index contributed by atoms with van der Waals surface area (Å²) in [5.41, 5.74) is 2.98. The zero-order chi connectivity index (χ0) is 24.5. The second kappa shape index (κ2) is 9.67. The predicted molar refractivity (Wildman–Crippen MR) is 135 cm³/mol.